The Morgan fingerprint density at radius 3 is 2.81 bits per heavy atom. The van der Waals surface area contributed by atoms with E-state index < -0.39 is 0 Å². The third-order valence-corrected chi connectivity index (χ3v) is 6.28. The van der Waals surface area contributed by atoms with Crippen LogP contribution in [0, 0.1) is 11.3 Å². The van der Waals surface area contributed by atoms with Crippen molar-refractivity contribution in [2.24, 2.45) is 0 Å². The zero-order chi connectivity index (χ0) is 19.4. The average molecular weight is 435 g/mol. The molecule has 1 aliphatic rings. The maximum atomic E-state index is 9.01. The van der Waals surface area contributed by atoms with E-state index in [0.29, 0.717) is 23.4 Å². The molecular formula is C20H27BrN4O2. The molecule has 3 rings (SSSR count). The number of fused-ring (bicyclic) bond motifs is 1. The number of nitrogens with zero attached hydrogens (tertiary/aromatic N) is 3. The van der Waals surface area contributed by atoms with E-state index in [2.05, 4.69) is 45.0 Å². The minimum Gasteiger partial charge on any atom is -0.444 e. The van der Waals surface area contributed by atoms with Gasteiger partial charge in [-0.15, -0.1) is 0 Å². The SMILES string of the molecule is CCN(CC(C)OC)C1CCC(Nc2ncc3oc(C#N)cc3c2Br)CC1. The Morgan fingerprint density at radius 1 is 1.44 bits per heavy atom. The van der Waals surface area contributed by atoms with Gasteiger partial charge in [-0.25, -0.2) is 4.98 Å². The lowest BCUT2D eigenvalue weighted by atomic mass is 9.90. The van der Waals surface area contributed by atoms with Gasteiger partial charge in [0.2, 0.25) is 5.76 Å². The molecule has 2 aromatic rings. The molecule has 1 unspecified atom stereocenters. The highest BCUT2D eigenvalue weighted by molar-refractivity contribution is 9.10. The fourth-order valence-electron chi connectivity index (χ4n) is 3.86. The van der Waals surface area contributed by atoms with Crippen molar-refractivity contribution in [2.75, 3.05) is 25.5 Å². The van der Waals surface area contributed by atoms with Crippen LogP contribution in [0.1, 0.15) is 45.3 Å². The normalized spacial score (nSPS) is 21.3. The second-order valence-electron chi connectivity index (χ2n) is 7.20. The molecule has 0 amide bonds. The van der Waals surface area contributed by atoms with Crippen molar-refractivity contribution in [2.45, 2.75) is 57.7 Å². The highest BCUT2D eigenvalue weighted by Crippen LogP contribution is 2.33. The van der Waals surface area contributed by atoms with Crippen molar-refractivity contribution in [1.82, 2.24) is 9.88 Å². The number of aromatic nitrogens is 1. The molecule has 27 heavy (non-hydrogen) atoms. The fraction of sp³-hybridized carbons (Fsp3) is 0.600. The van der Waals surface area contributed by atoms with Gasteiger partial charge >= 0.3 is 0 Å². The topological polar surface area (TPSA) is 74.3 Å². The number of furan rings is 1. The zero-order valence-corrected chi connectivity index (χ0v) is 17.8. The first kappa shape index (κ1) is 20.1. The average Bonchev–Trinajstić information content (AvgIpc) is 3.13. The van der Waals surface area contributed by atoms with Gasteiger partial charge in [0.05, 0.1) is 16.8 Å². The number of rotatable bonds is 7. The second-order valence-corrected chi connectivity index (χ2v) is 8.00. The van der Waals surface area contributed by atoms with Crippen LogP contribution in [0.4, 0.5) is 5.82 Å². The van der Waals surface area contributed by atoms with Gasteiger partial charge in [-0.2, -0.15) is 5.26 Å². The number of halogens is 1. The van der Waals surface area contributed by atoms with Gasteiger partial charge in [-0.05, 0) is 55.1 Å². The van der Waals surface area contributed by atoms with Crippen LogP contribution in [0.3, 0.4) is 0 Å². The maximum Gasteiger partial charge on any atom is 0.204 e. The molecule has 1 N–H and O–H groups in total. The Morgan fingerprint density at radius 2 is 2.19 bits per heavy atom. The molecule has 0 aliphatic heterocycles. The van der Waals surface area contributed by atoms with Gasteiger partial charge in [-0.1, -0.05) is 6.92 Å². The number of methoxy groups -OCH3 is 1. The lowest BCUT2D eigenvalue weighted by Crippen LogP contribution is -2.43. The summed E-state index contributed by atoms with van der Waals surface area (Å²) in [7, 11) is 1.78. The van der Waals surface area contributed by atoms with E-state index in [1.807, 2.05) is 6.07 Å². The van der Waals surface area contributed by atoms with E-state index in [0.717, 1.165) is 41.6 Å². The van der Waals surface area contributed by atoms with Crippen LogP contribution in [-0.2, 0) is 4.74 Å². The molecule has 1 saturated carbocycles. The van der Waals surface area contributed by atoms with E-state index in [9.17, 15) is 0 Å². The van der Waals surface area contributed by atoms with E-state index in [4.69, 9.17) is 14.4 Å². The number of likely N-dealkylation sites (N-methyl/N-ethyl adjacent to an activating group) is 1. The zero-order valence-electron chi connectivity index (χ0n) is 16.2. The summed E-state index contributed by atoms with van der Waals surface area (Å²) in [6.07, 6.45) is 6.52. The summed E-state index contributed by atoms with van der Waals surface area (Å²) in [5.74, 6) is 1.12. The van der Waals surface area contributed by atoms with Crippen LogP contribution in [0.25, 0.3) is 11.0 Å². The van der Waals surface area contributed by atoms with Crippen LogP contribution in [0.5, 0.6) is 0 Å². The molecule has 1 aliphatic carbocycles. The third kappa shape index (κ3) is 4.63. The second kappa shape index (κ2) is 9.05. The summed E-state index contributed by atoms with van der Waals surface area (Å²) in [6, 6.07) is 4.81. The van der Waals surface area contributed by atoms with Crippen molar-refractivity contribution in [3.63, 3.8) is 0 Å². The van der Waals surface area contributed by atoms with Crippen LogP contribution < -0.4 is 5.32 Å². The largest absolute Gasteiger partial charge is 0.444 e. The molecule has 0 bridgehead atoms. The predicted molar refractivity (Wildman–Crippen MR) is 110 cm³/mol. The van der Waals surface area contributed by atoms with Gasteiger partial charge in [0, 0.05) is 37.2 Å². The fourth-order valence-corrected chi connectivity index (χ4v) is 4.38. The molecule has 2 heterocycles. The van der Waals surface area contributed by atoms with Crippen LogP contribution in [-0.4, -0.2) is 48.3 Å². The first-order valence-electron chi connectivity index (χ1n) is 9.57. The van der Waals surface area contributed by atoms with E-state index >= 15 is 0 Å². The lowest BCUT2D eigenvalue weighted by Gasteiger charge is -2.37. The highest BCUT2D eigenvalue weighted by atomic mass is 79.9. The molecule has 146 valence electrons. The predicted octanol–water partition coefficient (Wildman–Crippen LogP) is 4.54. The molecule has 0 radical (unpaired) electrons. The summed E-state index contributed by atoms with van der Waals surface area (Å²) in [4.78, 5) is 7.02. The number of nitriles is 1. The summed E-state index contributed by atoms with van der Waals surface area (Å²) in [6.45, 7) is 6.40. The van der Waals surface area contributed by atoms with Crippen molar-refractivity contribution in [3.8, 4) is 6.07 Å². The summed E-state index contributed by atoms with van der Waals surface area (Å²) in [5.41, 5.74) is 0.624. The molecule has 6 nitrogen and oxygen atoms in total. The summed E-state index contributed by atoms with van der Waals surface area (Å²) in [5, 5.41) is 13.5. The number of hydrogen-bond donors (Lipinski definition) is 1. The Hall–Kier alpha value is -1.62. The number of anilines is 1. The minimum atomic E-state index is 0.265. The minimum absolute atomic E-state index is 0.265. The van der Waals surface area contributed by atoms with Gasteiger partial charge in [-0.3, -0.25) is 4.90 Å². The number of ether oxygens (including phenoxy) is 1. The van der Waals surface area contributed by atoms with Gasteiger partial charge in [0.25, 0.3) is 0 Å². The highest BCUT2D eigenvalue weighted by Gasteiger charge is 2.26. The molecule has 1 fully saturated rings. The van der Waals surface area contributed by atoms with E-state index in [1.165, 1.54) is 12.8 Å². The van der Waals surface area contributed by atoms with Crippen molar-refractivity contribution in [1.29, 1.82) is 5.26 Å². The molecule has 7 heteroatoms. The van der Waals surface area contributed by atoms with Gasteiger partial charge in [0.1, 0.15) is 11.9 Å². The van der Waals surface area contributed by atoms with Crippen molar-refractivity contribution >= 4 is 32.7 Å². The van der Waals surface area contributed by atoms with Crippen molar-refractivity contribution < 1.29 is 9.15 Å². The Balaban J connectivity index is 1.61. The Bertz CT molecular complexity index is 808. The number of hydrogen-bond acceptors (Lipinski definition) is 6. The molecule has 2 aromatic heterocycles. The Kier molecular flexibility index (Phi) is 6.74. The van der Waals surface area contributed by atoms with Crippen molar-refractivity contribution in [3.05, 3.63) is 22.5 Å². The van der Waals surface area contributed by atoms with Crippen LogP contribution >= 0.6 is 15.9 Å². The van der Waals surface area contributed by atoms with Gasteiger partial charge < -0.3 is 14.5 Å². The maximum absolute atomic E-state index is 9.01. The quantitative estimate of drug-likeness (QED) is 0.688. The molecule has 0 saturated heterocycles. The Labute approximate surface area is 169 Å². The van der Waals surface area contributed by atoms with Crippen LogP contribution in [0.2, 0.25) is 0 Å². The standard InChI is InChI=1S/C20H27BrN4O2/c1-4-25(12-13(2)26-3)15-7-5-14(6-8-15)24-20-19(21)17-9-16(10-22)27-18(17)11-23-20/h9,11,13-15H,4-8,12H2,1-3H3,(H,23,24). The monoisotopic (exact) mass is 434 g/mol. The molecule has 0 aromatic carbocycles. The van der Waals surface area contributed by atoms with Crippen LogP contribution in [0.15, 0.2) is 21.2 Å². The lowest BCUT2D eigenvalue weighted by molar-refractivity contribution is 0.0526. The third-order valence-electron chi connectivity index (χ3n) is 5.48. The van der Waals surface area contributed by atoms with Gasteiger partial charge in [0.15, 0.2) is 5.58 Å². The van der Waals surface area contributed by atoms with E-state index in [-0.39, 0.29) is 6.10 Å². The first-order chi connectivity index (χ1) is 13.0. The first-order valence-corrected chi connectivity index (χ1v) is 10.4. The summed E-state index contributed by atoms with van der Waals surface area (Å²) >= 11 is 3.62. The molecule has 0 spiro atoms. The summed E-state index contributed by atoms with van der Waals surface area (Å²) < 4.78 is 11.7. The molecule has 1 atom stereocenters. The number of pyridine rings is 1. The van der Waals surface area contributed by atoms with E-state index in [1.54, 1.807) is 19.4 Å². The smallest absolute Gasteiger partial charge is 0.204 e. The molecular weight excluding hydrogens is 408 g/mol. The number of nitrogens with one attached hydrogen (secondary N) is 1.